The molecule has 0 aliphatic rings. The normalized spacial score (nSPS) is 12.8. The van der Waals surface area contributed by atoms with Crippen LogP contribution in [0, 0.1) is 0 Å². The minimum atomic E-state index is -4.67. The molecule has 1 rings (SSSR count). The summed E-state index contributed by atoms with van der Waals surface area (Å²) in [7, 11) is 0. The average Bonchev–Trinajstić information content (AvgIpc) is 2.37. The molecule has 0 unspecified atom stereocenters. The summed E-state index contributed by atoms with van der Waals surface area (Å²) in [6.45, 7) is 1.71. The number of alkyl halides is 3. The van der Waals surface area contributed by atoms with Crippen molar-refractivity contribution in [1.82, 2.24) is 5.32 Å². The van der Waals surface area contributed by atoms with Gasteiger partial charge in [-0.15, -0.1) is 0 Å². The Labute approximate surface area is 113 Å². The van der Waals surface area contributed by atoms with Crippen LogP contribution in [0.3, 0.4) is 0 Å². The van der Waals surface area contributed by atoms with Gasteiger partial charge in [0.25, 0.3) is 5.91 Å². The Kier molecular flexibility index (Phi) is 5.12. The number of amides is 1. The van der Waals surface area contributed by atoms with Gasteiger partial charge in [-0.3, -0.25) is 4.79 Å². The van der Waals surface area contributed by atoms with E-state index in [-0.39, 0.29) is 6.42 Å². The van der Waals surface area contributed by atoms with Gasteiger partial charge in [-0.1, -0.05) is 25.5 Å². The lowest BCUT2D eigenvalue weighted by Gasteiger charge is -2.16. The van der Waals surface area contributed by atoms with Crippen LogP contribution in [-0.4, -0.2) is 23.0 Å². The quantitative estimate of drug-likeness (QED) is 0.875. The summed E-state index contributed by atoms with van der Waals surface area (Å²) >= 11 is 0. The molecule has 0 heterocycles. The van der Waals surface area contributed by atoms with Crippen molar-refractivity contribution >= 4 is 11.9 Å². The van der Waals surface area contributed by atoms with Crippen molar-refractivity contribution in [1.29, 1.82) is 0 Å². The van der Waals surface area contributed by atoms with Gasteiger partial charge in [0.15, 0.2) is 0 Å². The first-order chi connectivity index (χ1) is 9.27. The minimum Gasteiger partial charge on any atom is -0.480 e. The van der Waals surface area contributed by atoms with Gasteiger partial charge >= 0.3 is 12.1 Å². The summed E-state index contributed by atoms with van der Waals surface area (Å²) < 4.78 is 38.3. The van der Waals surface area contributed by atoms with E-state index in [1.807, 2.05) is 0 Å². The first-order valence-corrected chi connectivity index (χ1v) is 5.97. The summed E-state index contributed by atoms with van der Waals surface area (Å²) in [5.74, 6) is -2.32. The fourth-order valence-electron chi connectivity index (χ4n) is 1.71. The second-order valence-corrected chi connectivity index (χ2v) is 4.20. The van der Waals surface area contributed by atoms with Crippen LogP contribution in [0.1, 0.15) is 35.7 Å². The molecule has 0 aromatic heterocycles. The van der Waals surface area contributed by atoms with E-state index in [4.69, 9.17) is 5.11 Å². The lowest BCUT2D eigenvalue weighted by Crippen LogP contribution is -2.41. The molecule has 110 valence electrons. The number of rotatable bonds is 5. The topological polar surface area (TPSA) is 66.4 Å². The molecule has 0 aliphatic heterocycles. The molecule has 0 spiro atoms. The molecule has 0 aliphatic carbocycles. The Morgan fingerprint density at radius 2 is 1.90 bits per heavy atom. The third-order valence-electron chi connectivity index (χ3n) is 2.66. The maximum atomic E-state index is 12.8. The first-order valence-electron chi connectivity index (χ1n) is 5.97. The van der Waals surface area contributed by atoms with Crippen LogP contribution in [0.2, 0.25) is 0 Å². The van der Waals surface area contributed by atoms with Crippen molar-refractivity contribution in [2.24, 2.45) is 0 Å². The van der Waals surface area contributed by atoms with E-state index < -0.39 is 35.2 Å². The number of aliphatic carboxylic acids is 1. The third kappa shape index (κ3) is 3.97. The lowest BCUT2D eigenvalue weighted by molar-refractivity contribution is -0.139. The van der Waals surface area contributed by atoms with Gasteiger partial charge in [-0.25, -0.2) is 4.79 Å². The lowest BCUT2D eigenvalue weighted by atomic mass is 10.1. The summed E-state index contributed by atoms with van der Waals surface area (Å²) in [6, 6.07) is 3.06. The Bertz CT molecular complexity index is 500. The zero-order valence-electron chi connectivity index (χ0n) is 10.7. The minimum absolute atomic E-state index is 0.148. The smallest absolute Gasteiger partial charge is 0.417 e. The van der Waals surface area contributed by atoms with E-state index in [0.29, 0.717) is 6.42 Å². The first kappa shape index (κ1) is 16.0. The van der Waals surface area contributed by atoms with E-state index in [9.17, 15) is 22.8 Å². The van der Waals surface area contributed by atoms with E-state index in [0.717, 1.165) is 12.1 Å². The molecule has 1 amide bonds. The van der Waals surface area contributed by atoms with Gasteiger partial charge in [-0.05, 0) is 18.6 Å². The van der Waals surface area contributed by atoms with Crippen LogP contribution < -0.4 is 5.32 Å². The van der Waals surface area contributed by atoms with Crippen molar-refractivity contribution in [3.8, 4) is 0 Å². The van der Waals surface area contributed by atoms with E-state index >= 15 is 0 Å². The van der Waals surface area contributed by atoms with E-state index in [1.54, 1.807) is 6.92 Å². The van der Waals surface area contributed by atoms with Gasteiger partial charge in [-0.2, -0.15) is 13.2 Å². The standard InChI is InChI=1S/C13H14F3NO3/c1-2-5-10(12(19)20)17-11(18)8-6-3-4-7-9(8)13(14,15)16/h3-4,6-7,10H,2,5H2,1H3,(H,17,18)(H,19,20)/t10-/m0/s1. The highest BCUT2D eigenvalue weighted by molar-refractivity contribution is 5.98. The number of hydrogen-bond donors (Lipinski definition) is 2. The molecule has 7 heteroatoms. The maximum Gasteiger partial charge on any atom is 0.417 e. The molecule has 0 bridgehead atoms. The van der Waals surface area contributed by atoms with Gasteiger partial charge in [0.05, 0.1) is 11.1 Å². The predicted molar refractivity (Wildman–Crippen MR) is 65.2 cm³/mol. The number of benzene rings is 1. The van der Waals surface area contributed by atoms with Gasteiger partial charge in [0, 0.05) is 0 Å². The number of carbonyl (C=O) groups excluding carboxylic acids is 1. The van der Waals surface area contributed by atoms with E-state index in [1.165, 1.54) is 12.1 Å². The van der Waals surface area contributed by atoms with Crippen molar-refractivity contribution in [2.75, 3.05) is 0 Å². The Morgan fingerprint density at radius 1 is 1.30 bits per heavy atom. The molecule has 0 saturated carbocycles. The summed E-state index contributed by atoms with van der Waals surface area (Å²) in [4.78, 5) is 22.7. The molecule has 0 saturated heterocycles. The summed E-state index contributed by atoms with van der Waals surface area (Å²) in [6.07, 6.45) is -4.04. The van der Waals surface area contributed by atoms with Gasteiger partial charge < -0.3 is 10.4 Å². The predicted octanol–water partition coefficient (Wildman–Crippen LogP) is 2.69. The van der Waals surface area contributed by atoms with Crippen molar-refractivity contribution in [3.63, 3.8) is 0 Å². The second-order valence-electron chi connectivity index (χ2n) is 4.20. The summed E-state index contributed by atoms with van der Waals surface area (Å²) in [5, 5.41) is 11.0. The van der Waals surface area contributed by atoms with Crippen molar-refractivity contribution in [2.45, 2.75) is 32.0 Å². The zero-order valence-corrected chi connectivity index (χ0v) is 10.7. The molecule has 1 aromatic carbocycles. The van der Waals surface area contributed by atoms with Crippen molar-refractivity contribution in [3.05, 3.63) is 35.4 Å². The Balaban J connectivity index is 3.01. The highest BCUT2D eigenvalue weighted by Gasteiger charge is 2.35. The molecular formula is C13H14F3NO3. The molecule has 20 heavy (non-hydrogen) atoms. The number of halogens is 3. The fourth-order valence-corrected chi connectivity index (χ4v) is 1.71. The monoisotopic (exact) mass is 289 g/mol. The molecule has 4 nitrogen and oxygen atoms in total. The number of carboxylic acids is 1. The van der Waals surface area contributed by atoms with Crippen molar-refractivity contribution < 1.29 is 27.9 Å². The molecule has 0 radical (unpaired) electrons. The highest BCUT2D eigenvalue weighted by Crippen LogP contribution is 2.31. The van der Waals surface area contributed by atoms with Crippen LogP contribution in [0.15, 0.2) is 24.3 Å². The largest absolute Gasteiger partial charge is 0.480 e. The van der Waals surface area contributed by atoms with E-state index in [2.05, 4.69) is 5.32 Å². The van der Waals surface area contributed by atoms with Gasteiger partial charge in [0.1, 0.15) is 6.04 Å². The van der Waals surface area contributed by atoms with Crippen LogP contribution >= 0.6 is 0 Å². The maximum absolute atomic E-state index is 12.8. The van der Waals surface area contributed by atoms with Crippen LogP contribution in [0.25, 0.3) is 0 Å². The number of carbonyl (C=O) groups is 2. The van der Waals surface area contributed by atoms with Crippen LogP contribution in [-0.2, 0) is 11.0 Å². The fraction of sp³-hybridized carbons (Fsp3) is 0.385. The number of nitrogens with one attached hydrogen (secondary N) is 1. The SMILES string of the molecule is CCC[C@H](NC(=O)c1ccccc1C(F)(F)F)C(=O)O. The molecule has 2 N–H and O–H groups in total. The van der Waals surface area contributed by atoms with Crippen LogP contribution in [0.4, 0.5) is 13.2 Å². The van der Waals surface area contributed by atoms with Gasteiger partial charge in [0.2, 0.25) is 0 Å². The second kappa shape index (κ2) is 6.40. The Hall–Kier alpha value is -2.05. The molecular weight excluding hydrogens is 275 g/mol. The van der Waals surface area contributed by atoms with Crippen LogP contribution in [0.5, 0.6) is 0 Å². The highest BCUT2D eigenvalue weighted by atomic mass is 19.4. The number of hydrogen-bond acceptors (Lipinski definition) is 2. The zero-order chi connectivity index (χ0) is 15.3. The molecule has 1 aromatic rings. The molecule has 0 fully saturated rings. The Morgan fingerprint density at radius 3 is 2.40 bits per heavy atom. The third-order valence-corrected chi connectivity index (χ3v) is 2.66. The molecule has 1 atom stereocenters. The number of carboxylic acid groups (broad SMARTS) is 1. The summed E-state index contributed by atoms with van der Waals surface area (Å²) in [5.41, 5.74) is -1.67. The average molecular weight is 289 g/mol.